The van der Waals surface area contributed by atoms with Crippen molar-refractivity contribution in [2.24, 2.45) is 0 Å². The molecule has 8 nitrogen and oxygen atoms in total. The van der Waals surface area contributed by atoms with E-state index in [2.05, 4.69) is 15.6 Å². The highest BCUT2D eigenvalue weighted by Gasteiger charge is 2.36. The topological polar surface area (TPSA) is 110 Å². The Labute approximate surface area is 180 Å². The first-order valence-corrected chi connectivity index (χ1v) is 10.9. The lowest BCUT2D eigenvalue weighted by atomic mass is 9.96. The van der Waals surface area contributed by atoms with Crippen LogP contribution in [-0.2, 0) is 16.9 Å². The molecular formula is C22H29FN4O4. The Hall–Kier alpha value is -2.36. The Kier molecular flexibility index (Phi) is 6.64. The van der Waals surface area contributed by atoms with Crippen molar-refractivity contribution in [2.45, 2.75) is 75.3 Å². The molecule has 0 radical (unpaired) electrons. The predicted octanol–water partition coefficient (Wildman–Crippen LogP) is 1.91. The first kappa shape index (κ1) is 21.9. The lowest BCUT2D eigenvalue weighted by Gasteiger charge is -2.36. The molecule has 1 aliphatic heterocycles. The number of hydrogen-bond donors (Lipinski definition) is 3. The normalized spacial score (nSPS) is 25.5. The van der Waals surface area contributed by atoms with Gasteiger partial charge in [0.25, 0.3) is 5.91 Å². The number of nitrogens with one attached hydrogen (secondary N) is 1. The number of halogens is 1. The van der Waals surface area contributed by atoms with E-state index in [1.165, 1.54) is 18.2 Å². The van der Waals surface area contributed by atoms with Crippen molar-refractivity contribution in [3.05, 3.63) is 47.5 Å². The molecule has 2 fully saturated rings. The molecule has 1 saturated heterocycles. The fourth-order valence-electron chi connectivity index (χ4n) is 4.51. The third kappa shape index (κ3) is 4.94. The molecule has 9 heteroatoms. The van der Waals surface area contributed by atoms with Crippen molar-refractivity contribution in [3.8, 4) is 0 Å². The molecule has 2 aliphatic rings. The van der Waals surface area contributed by atoms with Crippen molar-refractivity contribution in [2.75, 3.05) is 6.61 Å². The fraction of sp³-hybridized carbons (Fsp3) is 0.591. The Morgan fingerprint density at radius 3 is 2.81 bits per heavy atom. The summed E-state index contributed by atoms with van der Waals surface area (Å²) in [5, 5.41) is 31.5. The van der Waals surface area contributed by atoms with Gasteiger partial charge in [0.05, 0.1) is 30.5 Å². The number of aromatic nitrogens is 3. The van der Waals surface area contributed by atoms with Crippen molar-refractivity contribution in [1.82, 2.24) is 20.3 Å². The summed E-state index contributed by atoms with van der Waals surface area (Å²) in [5.74, 6) is -1.09. The highest BCUT2D eigenvalue weighted by atomic mass is 19.1. The summed E-state index contributed by atoms with van der Waals surface area (Å²) in [6, 6.07) is 5.42. The summed E-state index contributed by atoms with van der Waals surface area (Å²) in [7, 11) is 0. The number of hydrogen-bond acceptors (Lipinski definition) is 6. The maximum absolute atomic E-state index is 13.9. The Balaban J connectivity index is 1.29. The van der Waals surface area contributed by atoms with Gasteiger partial charge in [-0.25, -0.2) is 4.39 Å². The highest BCUT2D eigenvalue weighted by Crippen LogP contribution is 2.37. The largest absolute Gasteiger partial charge is 0.394 e. The van der Waals surface area contributed by atoms with Crippen molar-refractivity contribution in [3.63, 3.8) is 0 Å². The number of amides is 1. The van der Waals surface area contributed by atoms with Gasteiger partial charge in [0, 0.05) is 6.54 Å². The SMILES string of the molecule is O=C(N[C@@H]1CC[C@H](CCn2cc(C3(O)CCCC3)nn2)O[C@H]1CO)c1ccccc1F. The average molecular weight is 432 g/mol. The zero-order chi connectivity index (χ0) is 21.8. The van der Waals surface area contributed by atoms with Crippen LogP contribution in [0.15, 0.2) is 30.5 Å². The standard InChI is InChI=1S/C22H29FN4O4/c23-17-6-2-1-5-16(17)21(29)24-18-8-7-15(31-19(18)14-28)9-12-27-13-20(25-26-27)22(30)10-3-4-11-22/h1-2,5-6,13,15,18-19,28,30H,3-4,7-12,14H2,(H,24,29)/t15-,18-,19+/m1/s1. The third-order valence-electron chi connectivity index (χ3n) is 6.36. The lowest BCUT2D eigenvalue weighted by Crippen LogP contribution is -2.51. The molecule has 1 amide bonds. The van der Waals surface area contributed by atoms with Crippen LogP contribution in [0.3, 0.4) is 0 Å². The molecule has 3 N–H and O–H groups in total. The van der Waals surface area contributed by atoms with E-state index >= 15 is 0 Å². The maximum atomic E-state index is 13.9. The smallest absolute Gasteiger partial charge is 0.254 e. The fourth-order valence-corrected chi connectivity index (χ4v) is 4.51. The predicted molar refractivity (Wildman–Crippen MR) is 110 cm³/mol. The molecular weight excluding hydrogens is 403 g/mol. The number of carbonyl (C=O) groups excluding carboxylic acids is 1. The van der Waals surface area contributed by atoms with E-state index in [0.29, 0.717) is 31.5 Å². The lowest BCUT2D eigenvalue weighted by molar-refractivity contribution is -0.0912. The molecule has 2 aromatic rings. The summed E-state index contributed by atoms with van der Waals surface area (Å²) in [6.45, 7) is 0.345. The molecule has 3 atom stereocenters. The van der Waals surface area contributed by atoms with E-state index < -0.39 is 23.4 Å². The van der Waals surface area contributed by atoms with Gasteiger partial charge < -0.3 is 20.3 Å². The van der Waals surface area contributed by atoms with Gasteiger partial charge in [-0.2, -0.15) is 0 Å². The molecule has 1 saturated carbocycles. The van der Waals surface area contributed by atoms with E-state index in [-0.39, 0.29) is 24.3 Å². The number of nitrogens with zero attached hydrogens (tertiary/aromatic N) is 3. The van der Waals surface area contributed by atoms with Crippen LogP contribution in [0.25, 0.3) is 0 Å². The van der Waals surface area contributed by atoms with Crippen molar-refractivity contribution >= 4 is 5.91 Å². The van der Waals surface area contributed by atoms with Crippen LogP contribution in [0.1, 0.15) is 61.0 Å². The Bertz CT molecular complexity index is 899. The molecule has 0 spiro atoms. The molecule has 1 aliphatic carbocycles. The van der Waals surface area contributed by atoms with Crippen LogP contribution in [0.4, 0.5) is 4.39 Å². The molecule has 4 rings (SSSR count). The second-order valence-corrected chi connectivity index (χ2v) is 8.51. The van der Waals surface area contributed by atoms with Gasteiger partial charge in [0.15, 0.2) is 0 Å². The number of benzene rings is 1. The zero-order valence-electron chi connectivity index (χ0n) is 17.4. The molecule has 2 heterocycles. The monoisotopic (exact) mass is 432 g/mol. The minimum absolute atomic E-state index is 0.0211. The maximum Gasteiger partial charge on any atom is 0.254 e. The summed E-state index contributed by atoms with van der Waals surface area (Å²) < 4.78 is 21.6. The van der Waals surface area contributed by atoms with Gasteiger partial charge in [-0.05, 0) is 44.2 Å². The van der Waals surface area contributed by atoms with E-state index in [1.54, 1.807) is 16.9 Å². The van der Waals surface area contributed by atoms with Gasteiger partial charge >= 0.3 is 0 Å². The van der Waals surface area contributed by atoms with Crippen LogP contribution < -0.4 is 5.32 Å². The number of aryl methyl sites for hydroxylation is 1. The number of aliphatic hydroxyl groups excluding tert-OH is 1. The van der Waals surface area contributed by atoms with Gasteiger partial charge in [0.2, 0.25) is 0 Å². The Morgan fingerprint density at radius 1 is 1.29 bits per heavy atom. The molecule has 0 bridgehead atoms. The summed E-state index contributed by atoms with van der Waals surface area (Å²) in [5.41, 5.74) is -0.253. The van der Waals surface area contributed by atoms with Crippen LogP contribution in [0.5, 0.6) is 0 Å². The van der Waals surface area contributed by atoms with Crippen LogP contribution >= 0.6 is 0 Å². The van der Waals surface area contributed by atoms with E-state index in [0.717, 1.165) is 25.7 Å². The quantitative estimate of drug-likeness (QED) is 0.617. The van der Waals surface area contributed by atoms with Crippen LogP contribution in [-0.4, -0.2) is 56.0 Å². The van der Waals surface area contributed by atoms with Gasteiger partial charge in [-0.15, -0.1) is 5.10 Å². The second-order valence-electron chi connectivity index (χ2n) is 8.51. The zero-order valence-corrected chi connectivity index (χ0v) is 17.4. The first-order valence-electron chi connectivity index (χ1n) is 10.9. The van der Waals surface area contributed by atoms with E-state index in [4.69, 9.17) is 4.74 Å². The van der Waals surface area contributed by atoms with Gasteiger partial charge in [0.1, 0.15) is 23.2 Å². The number of ether oxygens (including phenoxy) is 1. The molecule has 1 aromatic carbocycles. The summed E-state index contributed by atoms with van der Waals surface area (Å²) >= 11 is 0. The number of carbonyl (C=O) groups is 1. The van der Waals surface area contributed by atoms with Gasteiger partial charge in [-0.1, -0.05) is 30.2 Å². The molecule has 0 unspecified atom stereocenters. The second kappa shape index (κ2) is 9.42. The van der Waals surface area contributed by atoms with Crippen molar-refractivity contribution in [1.29, 1.82) is 0 Å². The van der Waals surface area contributed by atoms with Crippen LogP contribution in [0, 0.1) is 5.82 Å². The van der Waals surface area contributed by atoms with E-state index in [9.17, 15) is 19.4 Å². The third-order valence-corrected chi connectivity index (χ3v) is 6.36. The van der Waals surface area contributed by atoms with E-state index in [1.807, 2.05) is 0 Å². The molecule has 31 heavy (non-hydrogen) atoms. The number of rotatable bonds is 7. The van der Waals surface area contributed by atoms with Gasteiger partial charge in [-0.3, -0.25) is 9.48 Å². The minimum atomic E-state index is -0.856. The first-order chi connectivity index (χ1) is 15.0. The Morgan fingerprint density at radius 2 is 2.06 bits per heavy atom. The number of aliphatic hydroxyl groups is 2. The average Bonchev–Trinajstić information content (AvgIpc) is 3.43. The van der Waals surface area contributed by atoms with Crippen LogP contribution in [0.2, 0.25) is 0 Å². The molecule has 168 valence electrons. The van der Waals surface area contributed by atoms with Crippen molar-refractivity contribution < 1.29 is 24.1 Å². The highest BCUT2D eigenvalue weighted by molar-refractivity contribution is 5.94. The minimum Gasteiger partial charge on any atom is -0.394 e. The summed E-state index contributed by atoms with van der Waals surface area (Å²) in [6.07, 6.45) is 6.57. The molecule has 1 aromatic heterocycles. The summed E-state index contributed by atoms with van der Waals surface area (Å²) in [4.78, 5) is 12.4.